The molecule has 0 unspecified atom stereocenters. The fourth-order valence-electron chi connectivity index (χ4n) is 3.93. The molecule has 1 aliphatic heterocycles. The van der Waals surface area contributed by atoms with Gasteiger partial charge in [0.25, 0.3) is 0 Å². The molecule has 2 aliphatic rings. The van der Waals surface area contributed by atoms with Crippen LogP contribution in [0.5, 0.6) is 11.5 Å². The van der Waals surface area contributed by atoms with Crippen LogP contribution < -0.4 is 9.47 Å². The summed E-state index contributed by atoms with van der Waals surface area (Å²) in [4.78, 5) is 12.9. The first-order valence-corrected chi connectivity index (χ1v) is 9.12. The Balaban J connectivity index is 2.00. The summed E-state index contributed by atoms with van der Waals surface area (Å²) in [5, 5.41) is 10.1. The van der Waals surface area contributed by atoms with E-state index in [-0.39, 0.29) is 5.78 Å². The Kier molecular flexibility index (Phi) is 4.66. The lowest BCUT2D eigenvalue weighted by Gasteiger charge is -2.33. The fraction of sp³-hybridized carbons (Fsp3) is 0.273. The van der Waals surface area contributed by atoms with Gasteiger partial charge in [0.15, 0.2) is 17.3 Å². The molecule has 0 spiro atoms. The number of hydrogen-bond donors (Lipinski definition) is 0. The van der Waals surface area contributed by atoms with Crippen molar-refractivity contribution in [2.75, 3.05) is 14.2 Å². The van der Waals surface area contributed by atoms with Gasteiger partial charge in [0, 0.05) is 36.4 Å². The number of methoxy groups -OCH3 is 2. The smallest absolute Gasteiger partial charge is 0.218 e. The Morgan fingerprint density at radius 2 is 1.93 bits per heavy atom. The van der Waals surface area contributed by atoms with Gasteiger partial charge in [-0.15, -0.1) is 0 Å². The van der Waals surface area contributed by atoms with E-state index < -0.39 is 5.92 Å². The van der Waals surface area contributed by atoms with Gasteiger partial charge in [-0.3, -0.25) is 9.36 Å². The molecule has 2 heterocycles. The van der Waals surface area contributed by atoms with Crippen LogP contribution >= 0.6 is 0 Å². The van der Waals surface area contributed by atoms with Crippen molar-refractivity contribution in [3.05, 3.63) is 65.2 Å². The summed E-state index contributed by atoms with van der Waals surface area (Å²) in [6.07, 6.45) is 5.49. The first kappa shape index (κ1) is 17.9. The molecule has 0 fully saturated rings. The minimum atomic E-state index is -0.566. The number of para-hydroxylation sites is 1. The van der Waals surface area contributed by atoms with Crippen LogP contribution in [0.1, 0.15) is 30.7 Å². The van der Waals surface area contributed by atoms with E-state index in [1.165, 1.54) is 0 Å². The van der Waals surface area contributed by atoms with Crippen molar-refractivity contribution in [3.63, 3.8) is 0 Å². The zero-order chi connectivity index (χ0) is 19.7. The second-order valence-corrected chi connectivity index (χ2v) is 6.65. The molecule has 0 amide bonds. The summed E-state index contributed by atoms with van der Waals surface area (Å²) in [6, 6.07) is 11.5. The van der Waals surface area contributed by atoms with Gasteiger partial charge in [-0.1, -0.05) is 12.1 Å². The molecule has 1 aliphatic carbocycles. The van der Waals surface area contributed by atoms with Crippen LogP contribution in [0.4, 0.5) is 0 Å². The summed E-state index contributed by atoms with van der Waals surface area (Å²) in [5.74, 6) is 1.57. The molecular formula is C22H20N2O4. The van der Waals surface area contributed by atoms with Crippen molar-refractivity contribution in [2.24, 2.45) is 0 Å². The maximum absolute atomic E-state index is 12.9. The summed E-state index contributed by atoms with van der Waals surface area (Å²) in [7, 11) is 3.12. The predicted molar refractivity (Wildman–Crippen MR) is 103 cm³/mol. The normalized spacial score (nSPS) is 19.0. The molecule has 6 heteroatoms. The van der Waals surface area contributed by atoms with Gasteiger partial charge in [0.2, 0.25) is 5.88 Å². The molecule has 0 saturated carbocycles. The fourth-order valence-corrected chi connectivity index (χ4v) is 3.93. The van der Waals surface area contributed by atoms with Crippen molar-refractivity contribution < 1.29 is 19.0 Å². The van der Waals surface area contributed by atoms with Crippen molar-refractivity contribution >= 4 is 11.7 Å². The third-order valence-corrected chi connectivity index (χ3v) is 5.14. The first-order valence-electron chi connectivity index (χ1n) is 9.12. The lowest BCUT2D eigenvalue weighted by Crippen LogP contribution is -2.26. The Morgan fingerprint density at radius 1 is 1.14 bits per heavy atom. The van der Waals surface area contributed by atoms with Crippen LogP contribution in [0.25, 0.3) is 5.88 Å². The molecule has 1 aromatic heterocycles. The number of ketones is 1. The van der Waals surface area contributed by atoms with Gasteiger partial charge >= 0.3 is 0 Å². The van der Waals surface area contributed by atoms with Crippen molar-refractivity contribution in [1.82, 2.24) is 4.57 Å². The van der Waals surface area contributed by atoms with Gasteiger partial charge < -0.3 is 14.2 Å². The second kappa shape index (κ2) is 7.28. The van der Waals surface area contributed by atoms with E-state index in [1.54, 1.807) is 24.9 Å². The second-order valence-electron chi connectivity index (χ2n) is 6.65. The van der Waals surface area contributed by atoms with E-state index in [2.05, 4.69) is 6.07 Å². The number of Topliss-reactive ketones (excluding diaryl/α,β-unsaturated/α-hetero) is 1. The first-order chi connectivity index (χ1) is 13.7. The number of carbonyl (C=O) groups is 1. The number of aromatic nitrogens is 1. The van der Waals surface area contributed by atoms with Crippen molar-refractivity contribution in [1.29, 1.82) is 5.26 Å². The minimum absolute atomic E-state index is 0.00966. The van der Waals surface area contributed by atoms with E-state index >= 15 is 0 Å². The highest BCUT2D eigenvalue weighted by atomic mass is 16.5. The molecule has 28 heavy (non-hydrogen) atoms. The monoisotopic (exact) mass is 376 g/mol. The van der Waals surface area contributed by atoms with Crippen molar-refractivity contribution in [3.8, 4) is 17.6 Å². The highest BCUT2D eigenvalue weighted by Crippen LogP contribution is 2.49. The molecule has 0 bridgehead atoms. The van der Waals surface area contributed by atoms with Gasteiger partial charge in [0.05, 0.1) is 20.1 Å². The Bertz CT molecular complexity index is 1030. The Labute approximate surface area is 163 Å². The third kappa shape index (κ3) is 2.76. The molecule has 0 radical (unpaired) electrons. The molecule has 6 nitrogen and oxygen atoms in total. The van der Waals surface area contributed by atoms with Crippen LogP contribution in [0.3, 0.4) is 0 Å². The summed E-state index contributed by atoms with van der Waals surface area (Å²) in [6.45, 7) is 0. The Hall–Kier alpha value is -3.46. The molecule has 0 saturated heterocycles. The quantitative estimate of drug-likeness (QED) is 0.806. The molecule has 2 aromatic rings. The lowest BCUT2D eigenvalue weighted by atomic mass is 9.77. The highest BCUT2D eigenvalue weighted by molar-refractivity contribution is 6.00. The summed E-state index contributed by atoms with van der Waals surface area (Å²) >= 11 is 0. The summed E-state index contributed by atoms with van der Waals surface area (Å²) < 4.78 is 18.9. The van der Waals surface area contributed by atoms with E-state index in [0.717, 1.165) is 6.42 Å². The van der Waals surface area contributed by atoms with Gasteiger partial charge in [-0.05, 0) is 24.6 Å². The van der Waals surface area contributed by atoms with Gasteiger partial charge in [-0.2, -0.15) is 5.26 Å². The molecule has 142 valence electrons. The zero-order valence-electron chi connectivity index (χ0n) is 15.8. The van der Waals surface area contributed by atoms with Crippen LogP contribution in [0.15, 0.2) is 59.6 Å². The number of allylic oxidation sites excluding steroid dienone is 3. The van der Waals surface area contributed by atoms with Crippen LogP contribution in [0.2, 0.25) is 0 Å². The number of carbonyl (C=O) groups excluding carboxylic acids is 1. The number of rotatable bonds is 4. The average molecular weight is 376 g/mol. The number of benzene rings is 1. The predicted octanol–water partition coefficient (Wildman–Crippen LogP) is 4.02. The molecule has 1 atom stereocenters. The third-order valence-electron chi connectivity index (χ3n) is 5.14. The number of ether oxygens (including phenoxy) is 3. The van der Waals surface area contributed by atoms with E-state index in [4.69, 9.17) is 14.2 Å². The van der Waals surface area contributed by atoms with Crippen LogP contribution in [-0.2, 0) is 9.53 Å². The number of nitriles is 1. The molecule has 0 N–H and O–H groups in total. The maximum Gasteiger partial charge on any atom is 0.218 e. The van der Waals surface area contributed by atoms with E-state index in [0.29, 0.717) is 52.7 Å². The minimum Gasteiger partial charge on any atom is -0.493 e. The van der Waals surface area contributed by atoms with Crippen LogP contribution in [0, 0.1) is 11.3 Å². The SMILES string of the molecule is COc1cccc([C@@H]2C(C#N)=C(n3cccc3)OC3=C2C(=O)CCC3)c1OC. The summed E-state index contributed by atoms with van der Waals surface area (Å²) in [5.41, 5.74) is 1.64. The van der Waals surface area contributed by atoms with Gasteiger partial charge in [-0.25, -0.2) is 0 Å². The van der Waals surface area contributed by atoms with E-state index in [9.17, 15) is 10.1 Å². The largest absolute Gasteiger partial charge is 0.493 e. The number of hydrogen-bond acceptors (Lipinski definition) is 5. The molecule has 4 rings (SSSR count). The van der Waals surface area contributed by atoms with Crippen LogP contribution in [-0.4, -0.2) is 24.6 Å². The topological polar surface area (TPSA) is 73.5 Å². The van der Waals surface area contributed by atoms with Gasteiger partial charge in [0.1, 0.15) is 17.4 Å². The zero-order valence-corrected chi connectivity index (χ0v) is 15.8. The average Bonchev–Trinajstić information content (AvgIpc) is 3.26. The molecule has 1 aromatic carbocycles. The highest BCUT2D eigenvalue weighted by Gasteiger charge is 2.40. The Morgan fingerprint density at radius 3 is 2.61 bits per heavy atom. The maximum atomic E-state index is 12.9. The standard InChI is InChI=1S/C22H20N2O4/c1-26-18-10-5-7-14(21(18)27-2)19-15(13-23)22(24-11-3-4-12-24)28-17-9-6-8-16(25)20(17)19/h3-5,7,10-12,19H,6,8-9H2,1-2H3/t19-/m1/s1. The van der Waals surface area contributed by atoms with Crippen molar-refractivity contribution in [2.45, 2.75) is 25.2 Å². The molecular weight excluding hydrogens is 356 g/mol. The lowest BCUT2D eigenvalue weighted by molar-refractivity contribution is -0.116. The van der Waals surface area contributed by atoms with E-state index in [1.807, 2.05) is 36.7 Å². The number of nitrogens with zero attached hydrogens (tertiary/aromatic N) is 2.